The van der Waals surface area contributed by atoms with Crippen LogP contribution in [0.3, 0.4) is 0 Å². The van der Waals surface area contributed by atoms with Crippen molar-refractivity contribution in [3.8, 4) is 0 Å². The van der Waals surface area contributed by atoms with Crippen molar-refractivity contribution in [2.75, 3.05) is 20.2 Å². The van der Waals surface area contributed by atoms with E-state index in [1.807, 2.05) is 6.08 Å². The molecule has 1 aliphatic carbocycles. The molecule has 0 aromatic carbocycles. The van der Waals surface area contributed by atoms with E-state index in [0.29, 0.717) is 12.1 Å². The summed E-state index contributed by atoms with van der Waals surface area (Å²) < 4.78 is 5.94. The van der Waals surface area contributed by atoms with E-state index >= 15 is 0 Å². The second kappa shape index (κ2) is 7.53. The first kappa shape index (κ1) is 16.0. The lowest BCUT2D eigenvalue weighted by molar-refractivity contribution is -0.113. The van der Waals surface area contributed by atoms with E-state index in [1.54, 1.807) is 7.05 Å². The van der Waals surface area contributed by atoms with Crippen molar-refractivity contribution in [1.29, 1.82) is 0 Å². The van der Waals surface area contributed by atoms with Crippen molar-refractivity contribution in [3.63, 3.8) is 0 Å². The van der Waals surface area contributed by atoms with Crippen LogP contribution >= 0.6 is 0 Å². The molecule has 0 aliphatic heterocycles. The Balaban J connectivity index is 2.39. The highest BCUT2D eigenvalue weighted by Gasteiger charge is 2.49. The first-order valence-corrected chi connectivity index (χ1v) is 7.25. The van der Waals surface area contributed by atoms with Gasteiger partial charge in [0, 0.05) is 31.7 Å². The molecule has 1 saturated carbocycles. The number of rotatable bonds is 7. The molecule has 2 atom stereocenters. The standard InChI is InChI=1S/C15H29N3O/c1-6-8-10-19-13-11-12(15(13,3)4)18-14(16-5)17-9-7-2/h7,12-13H,2,6,8-11H2,1,3-5H3,(H2,16,17,18). The summed E-state index contributed by atoms with van der Waals surface area (Å²) in [6.45, 7) is 12.0. The molecule has 2 N–H and O–H groups in total. The smallest absolute Gasteiger partial charge is 0.191 e. The van der Waals surface area contributed by atoms with Gasteiger partial charge in [0.15, 0.2) is 5.96 Å². The zero-order valence-electron chi connectivity index (χ0n) is 12.8. The first-order valence-electron chi connectivity index (χ1n) is 7.25. The fraction of sp³-hybridized carbons (Fsp3) is 0.800. The number of unbranched alkanes of at least 4 members (excludes halogenated alkanes) is 1. The molecule has 1 fully saturated rings. The van der Waals surface area contributed by atoms with Gasteiger partial charge in [0.05, 0.1) is 6.10 Å². The quantitative estimate of drug-likeness (QED) is 0.322. The monoisotopic (exact) mass is 267 g/mol. The van der Waals surface area contributed by atoms with Gasteiger partial charge in [-0.1, -0.05) is 33.3 Å². The minimum atomic E-state index is 0.152. The molecule has 0 radical (unpaired) electrons. The van der Waals surface area contributed by atoms with Gasteiger partial charge >= 0.3 is 0 Å². The highest BCUT2D eigenvalue weighted by molar-refractivity contribution is 5.80. The Morgan fingerprint density at radius 2 is 2.26 bits per heavy atom. The lowest BCUT2D eigenvalue weighted by Crippen LogP contribution is -2.63. The van der Waals surface area contributed by atoms with E-state index in [2.05, 4.69) is 43.0 Å². The number of ether oxygens (including phenoxy) is 1. The van der Waals surface area contributed by atoms with Gasteiger partial charge in [0.2, 0.25) is 0 Å². The summed E-state index contributed by atoms with van der Waals surface area (Å²) in [6, 6.07) is 0.412. The maximum atomic E-state index is 5.94. The summed E-state index contributed by atoms with van der Waals surface area (Å²) in [5.74, 6) is 0.838. The van der Waals surface area contributed by atoms with Crippen LogP contribution in [0.2, 0.25) is 0 Å². The van der Waals surface area contributed by atoms with Crippen molar-refractivity contribution in [2.45, 2.75) is 52.2 Å². The third-order valence-electron chi connectivity index (χ3n) is 3.94. The lowest BCUT2D eigenvalue weighted by Gasteiger charge is -2.52. The van der Waals surface area contributed by atoms with Crippen molar-refractivity contribution in [1.82, 2.24) is 10.6 Å². The maximum Gasteiger partial charge on any atom is 0.191 e. The molecule has 0 aromatic heterocycles. The molecule has 1 rings (SSSR count). The normalized spacial score (nSPS) is 25.6. The SMILES string of the molecule is C=CCNC(=NC)NC1CC(OCCCC)C1(C)C. The molecule has 1 aliphatic rings. The van der Waals surface area contributed by atoms with Crippen molar-refractivity contribution >= 4 is 5.96 Å². The van der Waals surface area contributed by atoms with Crippen LogP contribution in [0.5, 0.6) is 0 Å². The van der Waals surface area contributed by atoms with E-state index in [0.717, 1.165) is 32.0 Å². The third-order valence-corrected chi connectivity index (χ3v) is 3.94. The van der Waals surface area contributed by atoms with E-state index in [4.69, 9.17) is 4.74 Å². The summed E-state index contributed by atoms with van der Waals surface area (Å²) >= 11 is 0. The maximum absolute atomic E-state index is 5.94. The van der Waals surface area contributed by atoms with Crippen LogP contribution in [0.1, 0.15) is 40.0 Å². The molecule has 4 heteroatoms. The molecule has 110 valence electrons. The fourth-order valence-corrected chi connectivity index (χ4v) is 2.31. The van der Waals surface area contributed by atoms with Crippen LogP contribution < -0.4 is 10.6 Å². The molecule has 0 bridgehead atoms. The Morgan fingerprint density at radius 3 is 2.79 bits per heavy atom. The van der Waals surface area contributed by atoms with Gasteiger partial charge in [0.1, 0.15) is 0 Å². The Labute approximate surface area is 117 Å². The largest absolute Gasteiger partial charge is 0.378 e. The number of guanidine groups is 1. The minimum Gasteiger partial charge on any atom is -0.378 e. The zero-order valence-corrected chi connectivity index (χ0v) is 12.8. The lowest BCUT2D eigenvalue weighted by atomic mass is 9.64. The van der Waals surface area contributed by atoms with E-state index < -0.39 is 0 Å². The Bertz CT molecular complexity index is 313. The summed E-state index contributed by atoms with van der Waals surface area (Å²) in [4.78, 5) is 4.22. The first-order chi connectivity index (χ1) is 9.06. The number of nitrogens with one attached hydrogen (secondary N) is 2. The van der Waals surface area contributed by atoms with Gasteiger partial charge < -0.3 is 15.4 Å². The summed E-state index contributed by atoms with van der Waals surface area (Å²) in [5.41, 5.74) is 0.152. The molecular formula is C15H29N3O. The van der Waals surface area contributed by atoms with E-state index in [9.17, 15) is 0 Å². The van der Waals surface area contributed by atoms with E-state index in [-0.39, 0.29) is 5.41 Å². The predicted molar refractivity (Wildman–Crippen MR) is 81.5 cm³/mol. The van der Waals surface area contributed by atoms with Crippen LogP contribution in [-0.2, 0) is 4.74 Å². The Hall–Kier alpha value is -1.03. The highest BCUT2D eigenvalue weighted by Crippen LogP contribution is 2.42. The second-order valence-corrected chi connectivity index (χ2v) is 5.71. The van der Waals surface area contributed by atoms with Crippen LogP contribution in [0, 0.1) is 5.41 Å². The fourth-order valence-electron chi connectivity index (χ4n) is 2.31. The molecule has 4 nitrogen and oxygen atoms in total. The van der Waals surface area contributed by atoms with Crippen LogP contribution in [0.4, 0.5) is 0 Å². The van der Waals surface area contributed by atoms with Crippen molar-refractivity contribution < 1.29 is 4.74 Å². The average molecular weight is 267 g/mol. The third kappa shape index (κ3) is 4.23. The Morgan fingerprint density at radius 1 is 1.53 bits per heavy atom. The molecule has 2 unspecified atom stereocenters. The van der Waals surface area contributed by atoms with Crippen LogP contribution in [0.25, 0.3) is 0 Å². The van der Waals surface area contributed by atoms with Gasteiger partial charge in [-0.25, -0.2) is 0 Å². The second-order valence-electron chi connectivity index (χ2n) is 5.71. The van der Waals surface area contributed by atoms with Crippen molar-refractivity contribution in [2.24, 2.45) is 10.4 Å². The summed E-state index contributed by atoms with van der Waals surface area (Å²) in [5, 5.41) is 6.66. The number of nitrogens with zero attached hydrogens (tertiary/aromatic N) is 1. The van der Waals surface area contributed by atoms with Gasteiger partial charge in [-0.15, -0.1) is 6.58 Å². The molecule has 19 heavy (non-hydrogen) atoms. The summed E-state index contributed by atoms with van der Waals surface area (Å²) in [6.07, 6.45) is 5.57. The topological polar surface area (TPSA) is 45.7 Å². The molecule has 0 heterocycles. The van der Waals surface area contributed by atoms with Gasteiger partial charge in [0.25, 0.3) is 0 Å². The molecule has 0 amide bonds. The Kier molecular flexibility index (Phi) is 6.35. The molecule has 0 aromatic rings. The molecular weight excluding hydrogens is 238 g/mol. The number of aliphatic imine (C=N–C) groups is 1. The van der Waals surface area contributed by atoms with Gasteiger partial charge in [-0.05, 0) is 12.8 Å². The van der Waals surface area contributed by atoms with Gasteiger partial charge in [-0.2, -0.15) is 0 Å². The molecule has 0 saturated heterocycles. The predicted octanol–water partition coefficient (Wildman–Crippen LogP) is 2.32. The number of hydrogen-bond acceptors (Lipinski definition) is 2. The summed E-state index contributed by atoms with van der Waals surface area (Å²) in [7, 11) is 1.79. The van der Waals surface area contributed by atoms with Crippen molar-refractivity contribution in [3.05, 3.63) is 12.7 Å². The molecule has 0 spiro atoms. The van der Waals surface area contributed by atoms with Crippen LogP contribution in [0.15, 0.2) is 17.6 Å². The van der Waals surface area contributed by atoms with E-state index in [1.165, 1.54) is 6.42 Å². The highest BCUT2D eigenvalue weighted by atomic mass is 16.5. The minimum absolute atomic E-state index is 0.152. The van der Waals surface area contributed by atoms with Crippen LogP contribution in [-0.4, -0.2) is 38.3 Å². The number of hydrogen-bond donors (Lipinski definition) is 2. The zero-order chi connectivity index (χ0) is 14.3. The van der Waals surface area contributed by atoms with Gasteiger partial charge in [-0.3, -0.25) is 4.99 Å². The average Bonchev–Trinajstić information content (AvgIpc) is 2.40.